The fraction of sp³-hybridized carbons (Fsp3) is 0.316. The van der Waals surface area contributed by atoms with Gasteiger partial charge < -0.3 is 14.8 Å². The third-order valence-electron chi connectivity index (χ3n) is 3.33. The second-order valence-electron chi connectivity index (χ2n) is 5.49. The number of para-hydroxylation sites is 1. The molecule has 4 nitrogen and oxygen atoms in total. The first kappa shape index (κ1) is 16.9. The molecule has 0 aliphatic heterocycles. The van der Waals surface area contributed by atoms with E-state index in [1.54, 1.807) is 6.07 Å². The molecule has 0 atom stereocenters. The van der Waals surface area contributed by atoms with E-state index >= 15 is 0 Å². The summed E-state index contributed by atoms with van der Waals surface area (Å²) < 4.78 is 11.1. The topological polar surface area (TPSA) is 47.6 Å². The number of rotatable bonds is 7. The van der Waals surface area contributed by atoms with Crippen LogP contribution in [0.5, 0.6) is 11.5 Å². The number of anilines is 1. The van der Waals surface area contributed by atoms with Gasteiger partial charge in [-0.05, 0) is 36.6 Å². The molecule has 0 bridgehead atoms. The Labute approximate surface area is 137 Å². The van der Waals surface area contributed by atoms with Crippen molar-refractivity contribution in [1.82, 2.24) is 0 Å². The SMILES string of the molecule is CCOc1cccc(NC(=O)COc2ccccc2C(C)C)c1. The van der Waals surface area contributed by atoms with E-state index in [0.29, 0.717) is 18.2 Å². The highest BCUT2D eigenvalue weighted by molar-refractivity contribution is 5.92. The third-order valence-corrected chi connectivity index (χ3v) is 3.33. The van der Waals surface area contributed by atoms with Crippen LogP contribution in [0.1, 0.15) is 32.3 Å². The van der Waals surface area contributed by atoms with Crippen molar-refractivity contribution < 1.29 is 14.3 Å². The van der Waals surface area contributed by atoms with Crippen LogP contribution < -0.4 is 14.8 Å². The van der Waals surface area contributed by atoms with E-state index in [-0.39, 0.29) is 12.5 Å². The second kappa shape index (κ2) is 8.22. The fourth-order valence-corrected chi connectivity index (χ4v) is 2.26. The maximum Gasteiger partial charge on any atom is 0.262 e. The van der Waals surface area contributed by atoms with Gasteiger partial charge in [-0.2, -0.15) is 0 Å². The van der Waals surface area contributed by atoms with E-state index < -0.39 is 0 Å². The Balaban J connectivity index is 1.94. The van der Waals surface area contributed by atoms with Crippen molar-refractivity contribution in [2.45, 2.75) is 26.7 Å². The summed E-state index contributed by atoms with van der Waals surface area (Å²) in [6, 6.07) is 15.1. The number of hydrogen-bond donors (Lipinski definition) is 1. The lowest BCUT2D eigenvalue weighted by atomic mass is 10.0. The van der Waals surface area contributed by atoms with Gasteiger partial charge >= 0.3 is 0 Å². The van der Waals surface area contributed by atoms with Crippen molar-refractivity contribution in [2.24, 2.45) is 0 Å². The summed E-state index contributed by atoms with van der Waals surface area (Å²) in [5, 5.41) is 2.82. The van der Waals surface area contributed by atoms with Gasteiger partial charge in [-0.1, -0.05) is 38.1 Å². The molecule has 0 saturated carbocycles. The lowest BCUT2D eigenvalue weighted by Gasteiger charge is -2.14. The van der Waals surface area contributed by atoms with Gasteiger partial charge in [-0.25, -0.2) is 0 Å². The highest BCUT2D eigenvalue weighted by Crippen LogP contribution is 2.25. The highest BCUT2D eigenvalue weighted by atomic mass is 16.5. The van der Waals surface area contributed by atoms with Crippen LogP contribution in [0.2, 0.25) is 0 Å². The van der Waals surface area contributed by atoms with Gasteiger partial charge in [0, 0.05) is 11.8 Å². The van der Waals surface area contributed by atoms with E-state index in [1.165, 1.54) is 0 Å². The Morgan fingerprint density at radius 1 is 1.09 bits per heavy atom. The Kier molecular flexibility index (Phi) is 6.03. The van der Waals surface area contributed by atoms with Gasteiger partial charge in [0.1, 0.15) is 11.5 Å². The molecule has 2 rings (SSSR count). The smallest absolute Gasteiger partial charge is 0.262 e. The van der Waals surface area contributed by atoms with Crippen molar-refractivity contribution in [2.75, 3.05) is 18.5 Å². The summed E-state index contributed by atoms with van der Waals surface area (Å²) in [4.78, 5) is 12.1. The van der Waals surface area contributed by atoms with Gasteiger partial charge in [0.25, 0.3) is 5.91 Å². The maximum atomic E-state index is 12.1. The van der Waals surface area contributed by atoms with Crippen molar-refractivity contribution in [3.8, 4) is 11.5 Å². The highest BCUT2D eigenvalue weighted by Gasteiger charge is 2.09. The predicted octanol–water partition coefficient (Wildman–Crippen LogP) is 4.23. The summed E-state index contributed by atoms with van der Waals surface area (Å²) >= 11 is 0. The Hall–Kier alpha value is -2.49. The monoisotopic (exact) mass is 313 g/mol. The fourth-order valence-electron chi connectivity index (χ4n) is 2.26. The van der Waals surface area contributed by atoms with Crippen LogP contribution in [0.25, 0.3) is 0 Å². The van der Waals surface area contributed by atoms with Crippen molar-refractivity contribution in [1.29, 1.82) is 0 Å². The third kappa shape index (κ3) is 5.02. The quantitative estimate of drug-likeness (QED) is 0.832. The van der Waals surface area contributed by atoms with E-state index in [0.717, 1.165) is 17.1 Å². The lowest BCUT2D eigenvalue weighted by Crippen LogP contribution is -2.20. The molecule has 0 spiro atoms. The van der Waals surface area contributed by atoms with Gasteiger partial charge in [-0.15, -0.1) is 0 Å². The van der Waals surface area contributed by atoms with Crippen LogP contribution in [0.4, 0.5) is 5.69 Å². The van der Waals surface area contributed by atoms with Gasteiger partial charge in [-0.3, -0.25) is 4.79 Å². The molecule has 2 aromatic carbocycles. The zero-order chi connectivity index (χ0) is 16.7. The van der Waals surface area contributed by atoms with Crippen LogP contribution in [-0.2, 0) is 4.79 Å². The molecule has 0 aliphatic rings. The van der Waals surface area contributed by atoms with Crippen LogP contribution in [0.15, 0.2) is 48.5 Å². The standard InChI is InChI=1S/C19H23NO3/c1-4-22-16-9-7-8-15(12-16)20-19(21)13-23-18-11-6-5-10-17(18)14(2)3/h5-12,14H,4,13H2,1-3H3,(H,20,21). The zero-order valence-electron chi connectivity index (χ0n) is 13.8. The molecule has 1 N–H and O–H groups in total. The van der Waals surface area contributed by atoms with Crippen LogP contribution in [0.3, 0.4) is 0 Å². The summed E-state index contributed by atoms with van der Waals surface area (Å²) in [6.07, 6.45) is 0. The van der Waals surface area contributed by atoms with Crippen LogP contribution >= 0.6 is 0 Å². The van der Waals surface area contributed by atoms with Gasteiger partial charge in [0.2, 0.25) is 0 Å². The number of carbonyl (C=O) groups excluding carboxylic acids is 1. The lowest BCUT2D eigenvalue weighted by molar-refractivity contribution is -0.118. The van der Waals surface area contributed by atoms with E-state index in [1.807, 2.05) is 49.4 Å². The molecule has 0 saturated heterocycles. The van der Waals surface area contributed by atoms with Crippen molar-refractivity contribution >= 4 is 11.6 Å². The zero-order valence-corrected chi connectivity index (χ0v) is 13.8. The molecular weight excluding hydrogens is 290 g/mol. The van der Waals surface area contributed by atoms with E-state index in [2.05, 4.69) is 19.2 Å². The first-order valence-electron chi connectivity index (χ1n) is 7.84. The molecule has 1 amide bonds. The van der Waals surface area contributed by atoms with Crippen LogP contribution in [0, 0.1) is 0 Å². The van der Waals surface area contributed by atoms with Crippen molar-refractivity contribution in [3.05, 3.63) is 54.1 Å². The molecule has 0 aliphatic carbocycles. The summed E-state index contributed by atoms with van der Waals surface area (Å²) in [7, 11) is 0. The number of carbonyl (C=O) groups is 1. The Morgan fingerprint density at radius 2 is 1.87 bits per heavy atom. The normalized spacial score (nSPS) is 10.4. The molecule has 0 radical (unpaired) electrons. The largest absolute Gasteiger partial charge is 0.494 e. The Bertz CT molecular complexity index is 653. The molecule has 122 valence electrons. The first-order chi connectivity index (χ1) is 11.1. The summed E-state index contributed by atoms with van der Waals surface area (Å²) in [5.74, 6) is 1.63. The predicted molar refractivity (Wildman–Crippen MR) is 92.3 cm³/mol. The van der Waals surface area contributed by atoms with E-state index in [9.17, 15) is 4.79 Å². The molecule has 0 fully saturated rings. The van der Waals surface area contributed by atoms with Crippen molar-refractivity contribution in [3.63, 3.8) is 0 Å². The molecular formula is C19H23NO3. The van der Waals surface area contributed by atoms with E-state index in [4.69, 9.17) is 9.47 Å². The Morgan fingerprint density at radius 3 is 2.61 bits per heavy atom. The minimum Gasteiger partial charge on any atom is -0.494 e. The molecule has 4 heteroatoms. The number of amides is 1. The number of benzene rings is 2. The van der Waals surface area contributed by atoms with Gasteiger partial charge in [0.15, 0.2) is 6.61 Å². The number of hydrogen-bond acceptors (Lipinski definition) is 3. The summed E-state index contributed by atoms with van der Waals surface area (Å²) in [6.45, 7) is 6.68. The average molecular weight is 313 g/mol. The first-order valence-corrected chi connectivity index (χ1v) is 7.84. The average Bonchev–Trinajstić information content (AvgIpc) is 2.54. The second-order valence-corrected chi connectivity index (χ2v) is 5.49. The molecule has 23 heavy (non-hydrogen) atoms. The summed E-state index contributed by atoms with van der Waals surface area (Å²) in [5.41, 5.74) is 1.79. The van der Waals surface area contributed by atoms with Crippen LogP contribution in [-0.4, -0.2) is 19.1 Å². The minimum atomic E-state index is -0.197. The molecule has 0 heterocycles. The maximum absolute atomic E-state index is 12.1. The number of nitrogens with one attached hydrogen (secondary N) is 1. The number of ether oxygens (including phenoxy) is 2. The van der Waals surface area contributed by atoms with Gasteiger partial charge in [0.05, 0.1) is 6.61 Å². The minimum absolute atomic E-state index is 0.0252. The molecule has 0 aromatic heterocycles. The molecule has 0 unspecified atom stereocenters. The molecule has 2 aromatic rings.